The maximum Gasteiger partial charge on any atom is 0.227 e. The maximum atomic E-state index is 12.7. The largest absolute Gasteiger partial charge is 0.352 e. The zero-order valence-corrected chi connectivity index (χ0v) is 12.2. The number of amides is 1. The Morgan fingerprint density at radius 3 is 2.11 bits per heavy atom. The van der Waals surface area contributed by atoms with Crippen molar-refractivity contribution in [2.24, 2.45) is 28.9 Å². The SMILES string of the molecule is CC1CCC(CN)(C(=O)NC(C2CC2)C2CC2)CC1. The number of nitrogens with two attached hydrogens (primary N) is 1. The minimum Gasteiger partial charge on any atom is -0.352 e. The van der Waals surface area contributed by atoms with Gasteiger partial charge in [-0.25, -0.2) is 0 Å². The lowest BCUT2D eigenvalue weighted by atomic mass is 9.70. The van der Waals surface area contributed by atoms with E-state index < -0.39 is 0 Å². The molecule has 0 unspecified atom stereocenters. The van der Waals surface area contributed by atoms with Crippen molar-refractivity contribution in [3.05, 3.63) is 0 Å². The molecule has 0 atom stereocenters. The van der Waals surface area contributed by atoms with Gasteiger partial charge in [-0.05, 0) is 69.1 Å². The van der Waals surface area contributed by atoms with E-state index in [1.165, 1.54) is 25.7 Å². The number of nitrogens with one attached hydrogen (secondary N) is 1. The Kier molecular flexibility index (Phi) is 3.59. The van der Waals surface area contributed by atoms with Crippen molar-refractivity contribution in [2.75, 3.05) is 6.54 Å². The van der Waals surface area contributed by atoms with Crippen molar-refractivity contribution in [3.63, 3.8) is 0 Å². The van der Waals surface area contributed by atoms with Crippen LogP contribution >= 0.6 is 0 Å². The van der Waals surface area contributed by atoms with Crippen LogP contribution in [0.25, 0.3) is 0 Å². The molecule has 1 amide bonds. The zero-order chi connectivity index (χ0) is 13.5. The molecule has 108 valence electrons. The number of rotatable bonds is 5. The van der Waals surface area contributed by atoms with Gasteiger partial charge in [0.15, 0.2) is 0 Å². The average molecular weight is 264 g/mol. The Morgan fingerprint density at radius 2 is 1.68 bits per heavy atom. The molecular formula is C16H28N2O. The van der Waals surface area contributed by atoms with Gasteiger partial charge in [-0.15, -0.1) is 0 Å². The van der Waals surface area contributed by atoms with Crippen LogP contribution in [0.3, 0.4) is 0 Å². The first-order chi connectivity index (χ1) is 9.14. The Labute approximate surface area is 116 Å². The highest BCUT2D eigenvalue weighted by molar-refractivity contribution is 5.83. The van der Waals surface area contributed by atoms with Crippen LogP contribution in [0.1, 0.15) is 58.3 Å². The van der Waals surface area contributed by atoms with Gasteiger partial charge >= 0.3 is 0 Å². The molecule has 0 aliphatic heterocycles. The lowest BCUT2D eigenvalue weighted by Crippen LogP contribution is -2.51. The normalized spacial score (nSPS) is 35.4. The summed E-state index contributed by atoms with van der Waals surface area (Å²) in [5.41, 5.74) is 5.73. The lowest BCUT2D eigenvalue weighted by molar-refractivity contribution is -0.134. The van der Waals surface area contributed by atoms with E-state index in [1.807, 2.05) is 0 Å². The fourth-order valence-corrected chi connectivity index (χ4v) is 3.67. The molecule has 0 heterocycles. The van der Waals surface area contributed by atoms with Crippen molar-refractivity contribution in [1.82, 2.24) is 5.32 Å². The molecule has 0 aromatic heterocycles. The Balaban J connectivity index is 1.63. The van der Waals surface area contributed by atoms with Crippen LogP contribution in [0.15, 0.2) is 0 Å². The van der Waals surface area contributed by atoms with Crippen molar-refractivity contribution in [3.8, 4) is 0 Å². The molecular weight excluding hydrogens is 236 g/mol. The molecule has 3 aliphatic rings. The second kappa shape index (κ2) is 5.08. The molecule has 3 saturated carbocycles. The van der Waals surface area contributed by atoms with Crippen molar-refractivity contribution in [1.29, 1.82) is 0 Å². The molecule has 0 spiro atoms. The minimum absolute atomic E-state index is 0.255. The third-order valence-electron chi connectivity index (χ3n) is 5.66. The summed E-state index contributed by atoms with van der Waals surface area (Å²) in [6, 6.07) is 0.468. The predicted molar refractivity (Wildman–Crippen MR) is 76.5 cm³/mol. The van der Waals surface area contributed by atoms with Gasteiger partial charge < -0.3 is 11.1 Å². The predicted octanol–water partition coefficient (Wildman–Crippen LogP) is 2.45. The summed E-state index contributed by atoms with van der Waals surface area (Å²) in [5.74, 6) is 2.57. The third-order valence-corrected chi connectivity index (χ3v) is 5.66. The molecule has 3 aliphatic carbocycles. The first-order valence-corrected chi connectivity index (χ1v) is 8.16. The second-order valence-corrected chi connectivity index (χ2v) is 7.34. The van der Waals surface area contributed by atoms with Crippen LogP contribution in [0, 0.1) is 23.2 Å². The fourth-order valence-electron chi connectivity index (χ4n) is 3.67. The highest BCUT2D eigenvalue weighted by atomic mass is 16.2. The van der Waals surface area contributed by atoms with E-state index in [2.05, 4.69) is 12.2 Å². The van der Waals surface area contributed by atoms with Gasteiger partial charge in [-0.2, -0.15) is 0 Å². The van der Waals surface area contributed by atoms with Gasteiger partial charge in [0.05, 0.1) is 5.41 Å². The molecule has 0 aromatic carbocycles. The van der Waals surface area contributed by atoms with Crippen LogP contribution < -0.4 is 11.1 Å². The van der Waals surface area contributed by atoms with E-state index >= 15 is 0 Å². The van der Waals surface area contributed by atoms with Crippen LogP contribution in [0.5, 0.6) is 0 Å². The molecule has 3 N–H and O–H groups in total. The monoisotopic (exact) mass is 264 g/mol. The van der Waals surface area contributed by atoms with E-state index in [1.54, 1.807) is 0 Å². The number of hydrogen-bond acceptors (Lipinski definition) is 2. The Bertz CT molecular complexity index is 327. The highest BCUT2D eigenvalue weighted by Crippen LogP contribution is 2.45. The summed E-state index contributed by atoms with van der Waals surface area (Å²) in [5, 5.41) is 3.40. The summed E-state index contributed by atoms with van der Waals surface area (Å²) in [4.78, 5) is 12.7. The summed E-state index contributed by atoms with van der Waals surface area (Å²) in [6.07, 6.45) is 9.53. The highest BCUT2D eigenvalue weighted by Gasteiger charge is 2.46. The van der Waals surface area contributed by atoms with E-state index in [0.29, 0.717) is 12.6 Å². The second-order valence-electron chi connectivity index (χ2n) is 7.34. The van der Waals surface area contributed by atoms with Crippen molar-refractivity contribution < 1.29 is 4.79 Å². The van der Waals surface area contributed by atoms with Gasteiger partial charge in [0, 0.05) is 12.6 Å². The molecule has 19 heavy (non-hydrogen) atoms. The third kappa shape index (κ3) is 2.81. The molecule has 0 bridgehead atoms. The van der Waals surface area contributed by atoms with Crippen LogP contribution in [0.2, 0.25) is 0 Å². The van der Waals surface area contributed by atoms with Crippen molar-refractivity contribution >= 4 is 5.91 Å². The van der Waals surface area contributed by atoms with Gasteiger partial charge in [-0.1, -0.05) is 6.92 Å². The molecule has 0 saturated heterocycles. The first kappa shape index (κ1) is 13.4. The van der Waals surface area contributed by atoms with Gasteiger partial charge in [0.1, 0.15) is 0 Å². The molecule has 3 fully saturated rings. The Morgan fingerprint density at radius 1 is 1.16 bits per heavy atom. The summed E-state index contributed by atoms with van der Waals surface area (Å²) >= 11 is 0. The quantitative estimate of drug-likeness (QED) is 0.801. The van der Waals surface area contributed by atoms with Crippen LogP contribution in [-0.2, 0) is 4.79 Å². The maximum absolute atomic E-state index is 12.7. The van der Waals surface area contributed by atoms with E-state index in [4.69, 9.17) is 5.73 Å². The lowest BCUT2D eigenvalue weighted by Gasteiger charge is -2.38. The summed E-state index contributed by atoms with van der Waals surface area (Å²) in [7, 11) is 0. The number of hydrogen-bond donors (Lipinski definition) is 2. The summed E-state index contributed by atoms with van der Waals surface area (Å²) in [6.45, 7) is 2.81. The topological polar surface area (TPSA) is 55.1 Å². The standard InChI is InChI=1S/C16H28N2O/c1-11-6-8-16(10-17,9-7-11)15(19)18-14(12-2-3-12)13-4-5-13/h11-14H,2-10,17H2,1H3,(H,18,19). The fraction of sp³-hybridized carbons (Fsp3) is 0.938. The average Bonchev–Trinajstić information content (AvgIpc) is 3.30. The minimum atomic E-state index is -0.255. The Hall–Kier alpha value is -0.570. The molecule has 3 heteroatoms. The van der Waals surface area contributed by atoms with Crippen LogP contribution in [0.4, 0.5) is 0 Å². The molecule has 3 rings (SSSR count). The molecule has 3 nitrogen and oxygen atoms in total. The van der Waals surface area contributed by atoms with Crippen LogP contribution in [-0.4, -0.2) is 18.5 Å². The van der Waals surface area contributed by atoms with E-state index in [9.17, 15) is 4.79 Å². The van der Waals surface area contributed by atoms with Gasteiger partial charge in [-0.3, -0.25) is 4.79 Å². The summed E-state index contributed by atoms with van der Waals surface area (Å²) < 4.78 is 0. The van der Waals surface area contributed by atoms with Crippen molar-refractivity contribution in [2.45, 2.75) is 64.3 Å². The van der Waals surface area contributed by atoms with E-state index in [-0.39, 0.29) is 11.3 Å². The van der Waals surface area contributed by atoms with E-state index in [0.717, 1.165) is 43.4 Å². The smallest absolute Gasteiger partial charge is 0.227 e. The first-order valence-electron chi connectivity index (χ1n) is 8.16. The molecule has 0 aromatic rings. The molecule has 0 radical (unpaired) electrons. The number of carbonyl (C=O) groups excluding carboxylic acids is 1. The number of carbonyl (C=O) groups is 1. The van der Waals surface area contributed by atoms with Gasteiger partial charge in [0.25, 0.3) is 0 Å². The van der Waals surface area contributed by atoms with Gasteiger partial charge in [0.2, 0.25) is 5.91 Å². The zero-order valence-electron chi connectivity index (χ0n) is 12.2.